The lowest BCUT2D eigenvalue weighted by atomic mass is 9.94. The van der Waals surface area contributed by atoms with Crippen molar-refractivity contribution in [2.75, 3.05) is 0 Å². The van der Waals surface area contributed by atoms with Crippen LogP contribution in [-0.4, -0.2) is 11.2 Å². The smallest absolute Gasteiger partial charge is 0.0938 e. The predicted octanol–water partition coefficient (Wildman–Crippen LogP) is 1.13. The molecule has 2 rings (SSSR count). The van der Waals surface area contributed by atoms with Gasteiger partial charge in [-0.25, -0.2) is 0 Å². The van der Waals surface area contributed by atoms with Gasteiger partial charge in [-0.05, 0) is 24.0 Å². The van der Waals surface area contributed by atoms with E-state index in [1.165, 1.54) is 11.1 Å². The highest BCUT2D eigenvalue weighted by atomic mass is 16.3. The predicted molar refractivity (Wildman–Crippen MR) is 36.7 cm³/mol. The molecule has 0 aromatic carbocycles. The van der Waals surface area contributed by atoms with E-state index in [1.54, 1.807) is 12.5 Å². The van der Waals surface area contributed by atoms with Gasteiger partial charge in [0.05, 0.1) is 18.6 Å². The van der Waals surface area contributed by atoms with Gasteiger partial charge in [0, 0.05) is 6.42 Å². The summed E-state index contributed by atoms with van der Waals surface area (Å²) in [6, 6.07) is 0. The second-order valence-electron chi connectivity index (χ2n) is 2.82. The van der Waals surface area contributed by atoms with Gasteiger partial charge in [-0.3, -0.25) is 0 Å². The second-order valence-corrected chi connectivity index (χ2v) is 2.82. The molecule has 54 valence electrons. The van der Waals surface area contributed by atoms with Crippen molar-refractivity contribution in [1.29, 1.82) is 0 Å². The molecule has 1 aromatic heterocycles. The summed E-state index contributed by atoms with van der Waals surface area (Å²) >= 11 is 0. The largest absolute Gasteiger partial charge is 0.472 e. The standard InChI is InChI=1S/C8H10O2/c9-8-2-1-6-4-10-5-7(6)3-8/h4-5,8-9H,1-3H2. The lowest BCUT2D eigenvalue weighted by Gasteiger charge is -2.15. The molecular weight excluding hydrogens is 128 g/mol. The summed E-state index contributed by atoms with van der Waals surface area (Å²) in [5.41, 5.74) is 2.45. The summed E-state index contributed by atoms with van der Waals surface area (Å²) in [5.74, 6) is 0. The fourth-order valence-electron chi connectivity index (χ4n) is 1.43. The first-order valence-corrected chi connectivity index (χ1v) is 3.58. The lowest BCUT2D eigenvalue weighted by molar-refractivity contribution is 0.159. The summed E-state index contributed by atoms with van der Waals surface area (Å²) in [6.07, 6.45) is 5.98. The van der Waals surface area contributed by atoms with Gasteiger partial charge in [0.1, 0.15) is 0 Å². The van der Waals surface area contributed by atoms with Crippen LogP contribution in [0.1, 0.15) is 17.5 Å². The maximum absolute atomic E-state index is 9.23. The van der Waals surface area contributed by atoms with Crippen LogP contribution in [0, 0.1) is 0 Å². The Kier molecular flexibility index (Phi) is 1.27. The summed E-state index contributed by atoms with van der Waals surface area (Å²) in [6.45, 7) is 0. The Bertz CT molecular complexity index is 227. The highest BCUT2D eigenvalue weighted by molar-refractivity contribution is 5.24. The van der Waals surface area contributed by atoms with E-state index in [0.29, 0.717) is 0 Å². The van der Waals surface area contributed by atoms with Crippen LogP contribution in [0.4, 0.5) is 0 Å². The van der Waals surface area contributed by atoms with E-state index in [0.717, 1.165) is 19.3 Å². The van der Waals surface area contributed by atoms with Crippen LogP contribution in [-0.2, 0) is 12.8 Å². The highest BCUT2D eigenvalue weighted by Gasteiger charge is 2.17. The molecule has 1 heterocycles. The second kappa shape index (κ2) is 2.13. The minimum absolute atomic E-state index is 0.148. The molecule has 0 fully saturated rings. The first-order chi connectivity index (χ1) is 4.86. The number of aryl methyl sites for hydroxylation is 1. The van der Waals surface area contributed by atoms with Crippen LogP contribution in [0.5, 0.6) is 0 Å². The molecule has 0 bridgehead atoms. The van der Waals surface area contributed by atoms with Gasteiger partial charge < -0.3 is 9.52 Å². The van der Waals surface area contributed by atoms with Crippen LogP contribution < -0.4 is 0 Å². The van der Waals surface area contributed by atoms with E-state index in [-0.39, 0.29) is 6.10 Å². The number of hydrogen-bond acceptors (Lipinski definition) is 2. The van der Waals surface area contributed by atoms with E-state index in [4.69, 9.17) is 4.42 Å². The quantitative estimate of drug-likeness (QED) is 0.583. The summed E-state index contributed by atoms with van der Waals surface area (Å²) < 4.78 is 5.00. The SMILES string of the molecule is OC1CCc2cocc2C1. The molecule has 0 saturated heterocycles. The van der Waals surface area contributed by atoms with E-state index >= 15 is 0 Å². The Balaban J connectivity index is 2.30. The maximum Gasteiger partial charge on any atom is 0.0938 e. The average Bonchev–Trinajstić information content (AvgIpc) is 2.33. The van der Waals surface area contributed by atoms with Crippen molar-refractivity contribution in [2.45, 2.75) is 25.4 Å². The van der Waals surface area contributed by atoms with Crippen LogP contribution >= 0.6 is 0 Å². The molecule has 1 aliphatic carbocycles. The van der Waals surface area contributed by atoms with Crippen molar-refractivity contribution in [3.05, 3.63) is 23.7 Å². The molecule has 0 saturated carbocycles. The van der Waals surface area contributed by atoms with Crippen molar-refractivity contribution in [1.82, 2.24) is 0 Å². The fraction of sp³-hybridized carbons (Fsp3) is 0.500. The number of fused-ring (bicyclic) bond motifs is 1. The molecule has 1 N–H and O–H groups in total. The molecular formula is C8H10O2. The Labute approximate surface area is 59.5 Å². The minimum Gasteiger partial charge on any atom is -0.472 e. The molecule has 0 radical (unpaired) electrons. The van der Waals surface area contributed by atoms with Crippen LogP contribution in [0.15, 0.2) is 16.9 Å². The van der Waals surface area contributed by atoms with Crippen molar-refractivity contribution in [3.8, 4) is 0 Å². The number of aliphatic hydroxyl groups is 1. The Morgan fingerprint density at radius 3 is 3.10 bits per heavy atom. The Morgan fingerprint density at radius 1 is 1.40 bits per heavy atom. The third-order valence-electron chi connectivity index (χ3n) is 2.04. The van der Waals surface area contributed by atoms with Crippen LogP contribution in [0.3, 0.4) is 0 Å². The fourth-order valence-corrected chi connectivity index (χ4v) is 1.43. The highest BCUT2D eigenvalue weighted by Crippen LogP contribution is 2.21. The van der Waals surface area contributed by atoms with E-state index in [9.17, 15) is 5.11 Å². The average molecular weight is 138 g/mol. The molecule has 0 amide bonds. The lowest BCUT2D eigenvalue weighted by Crippen LogP contribution is -2.16. The molecule has 0 spiro atoms. The molecule has 1 unspecified atom stereocenters. The van der Waals surface area contributed by atoms with Crippen LogP contribution in [0.2, 0.25) is 0 Å². The summed E-state index contributed by atoms with van der Waals surface area (Å²) in [7, 11) is 0. The summed E-state index contributed by atoms with van der Waals surface area (Å²) in [5, 5.41) is 9.23. The van der Waals surface area contributed by atoms with Gasteiger partial charge in [-0.15, -0.1) is 0 Å². The zero-order chi connectivity index (χ0) is 6.97. The topological polar surface area (TPSA) is 33.4 Å². The van der Waals surface area contributed by atoms with E-state index < -0.39 is 0 Å². The summed E-state index contributed by atoms with van der Waals surface area (Å²) in [4.78, 5) is 0. The molecule has 2 heteroatoms. The normalized spacial score (nSPS) is 24.3. The van der Waals surface area contributed by atoms with E-state index in [1.807, 2.05) is 0 Å². The molecule has 0 aliphatic heterocycles. The van der Waals surface area contributed by atoms with Crippen molar-refractivity contribution in [2.24, 2.45) is 0 Å². The van der Waals surface area contributed by atoms with Gasteiger partial charge in [0.15, 0.2) is 0 Å². The van der Waals surface area contributed by atoms with Crippen LogP contribution in [0.25, 0.3) is 0 Å². The minimum atomic E-state index is -0.148. The maximum atomic E-state index is 9.23. The molecule has 10 heavy (non-hydrogen) atoms. The van der Waals surface area contributed by atoms with Gasteiger partial charge in [-0.2, -0.15) is 0 Å². The molecule has 1 atom stereocenters. The molecule has 1 aliphatic rings. The Morgan fingerprint density at radius 2 is 2.20 bits per heavy atom. The zero-order valence-corrected chi connectivity index (χ0v) is 5.71. The molecule has 2 nitrogen and oxygen atoms in total. The van der Waals surface area contributed by atoms with Crippen molar-refractivity contribution >= 4 is 0 Å². The van der Waals surface area contributed by atoms with Gasteiger partial charge in [0.2, 0.25) is 0 Å². The number of aliphatic hydroxyl groups excluding tert-OH is 1. The first kappa shape index (κ1) is 5.98. The number of hydrogen-bond donors (Lipinski definition) is 1. The van der Waals surface area contributed by atoms with E-state index in [2.05, 4.69) is 0 Å². The molecule has 1 aromatic rings. The third kappa shape index (κ3) is 0.847. The van der Waals surface area contributed by atoms with Gasteiger partial charge in [-0.1, -0.05) is 0 Å². The van der Waals surface area contributed by atoms with Gasteiger partial charge in [0.25, 0.3) is 0 Å². The number of rotatable bonds is 0. The number of furan rings is 1. The van der Waals surface area contributed by atoms with Gasteiger partial charge >= 0.3 is 0 Å². The van der Waals surface area contributed by atoms with Crippen molar-refractivity contribution in [3.63, 3.8) is 0 Å². The zero-order valence-electron chi connectivity index (χ0n) is 5.71. The van der Waals surface area contributed by atoms with Crippen molar-refractivity contribution < 1.29 is 9.52 Å². The monoisotopic (exact) mass is 138 g/mol. The first-order valence-electron chi connectivity index (χ1n) is 3.58. The third-order valence-corrected chi connectivity index (χ3v) is 2.04. The Hall–Kier alpha value is -0.760.